The van der Waals surface area contributed by atoms with Crippen molar-refractivity contribution >= 4 is 11.8 Å². The van der Waals surface area contributed by atoms with Crippen molar-refractivity contribution in [1.82, 2.24) is 0 Å². The molecule has 88 valence electrons. The number of benzene rings is 1. The molecule has 2 atom stereocenters. The fraction of sp³-hybridized carbons (Fsp3) is 0.538. The third-order valence-electron chi connectivity index (χ3n) is 3.46. The van der Waals surface area contributed by atoms with Crippen LogP contribution in [0.4, 0.5) is 4.39 Å². The number of thioether (sulfide) groups is 1. The Bertz CT molecular complexity index is 359. The van der Waals surface area contributed by atoms with Gasteiger partial charge in [-0.3, -0.25) is 0 Å². The Balaban J connectivity index is 2.33. The normalized spacial score (nSPS) is 24.3. The lowest BCUT2D eigenvalue weighted by molar-refractivity contribution is 0.115. The van der Waals surface area contributed by atoms with Gasteiger partial charge in [0.25, 0.3) is 0 Å². The summed E-state index contributed by atoms with van der Waals surface area (Å²) < 4.78 is 14.9. The maximum atomic E-state index is 14.9. The summed E-state index contributed by atoms with van der Waals surface area (Å²) in [6.07, 6.45) is 0.969. The van der Waals surface area contributed by atoms with Crippen molar-refractivity contribution in [2.75, 3.05) is 11.5 Å². The summed E-state index contributed by atoms with van der Waals surface area (Å²) in [4.78, 5) is 0. The second kappa shape index (κ2) is 4.76. The summed E-state index contributed by atoms with van der Waals surface area (Å²) in [5.74, 6) is 2.13. The van der Waals surface area contributed by atoms with Gasteiger partial charge in [-0.05, 0) is 36.0 Å². The average Bonchev–Trinajstić information content (AvgIpc) is 2.83. The first-order valence-electron chi connectivity index (χ1n) is 5.71. The Labute approximate surface area is 101 Å². The van der Waals surface area contributed by atoms with Gasteiger partial charge in [-0.25, -0.2) is 4.39 Å². The zero-order valence-corrected chi connectivity index (χ0v) is 10.4. The molecule has 0 bridgehead atoms. The summed E-state index contributed by atoms with van der Waals surface area (Å²) in [6.45, 7) is 2.12. The van der Waals surface area contributed by atoms with Gasteiger partial charge in [-0.1, -0.05) is 24.3 Å². The highest BCUT2D eigenvalue weighted by Gasteiger charge is 2.39. The molecule has 1 fully saturated rings. The Hall–Kier alpha value is -0.540. The summed E-state index contributed by atoms with van der Waals surface area (Å²) in [5.41, 5.74) is 6.15. The highest BCUT2D eigenvalue weighted by Crippen LogP contribution is 2.42. The van der Waals surface area contributed by atoms with E-state index in [1.165, 1.54) is 0 Å². The zero-order chi connectivity index (χ0) is 11.6. The number of hydrogen-bond acceptors (Lipinski definition) is 2. The predicted molar refractivity (Wildman–Crippen MR) is 68.2 cm³/mol. The minimum Gasteiger partial charge on any atom is -0.326 e. The Morgan fingerprint density at radius 2 is 2.25 bits per heavy atom. The van der Waals surface area contributed by atoms with E-state index in [4.69, 9.17) is 5.73 Å². The van der Waals surface area contributed by atoms with Crippen LogP contribution in [0, 0.1) is 5.92 Å². The monoisotopic (exact) mass is 239 g/mol. The van der Waals surface area contributed by atoms with E-state index >= 15 is 0 Å². The van der Waals surface area contributed by atoms with Crippen molar-refractivity contribution in [3.8, 4) is 0 Å². The van der Waals surface area contributed by atoms with E-state index in [1.54, 1.807) is 6.92 Å². The van der Waals surface area contributed by atoms with Crippen molar-refractivity contribution in [2.45, 2.75) is 25.6 Å². The number of halogens is 1. The van der Waals surface area contributed by atoms with E-state index in [1.807, 2.05) is 36.0 Å². The van der Waals surface area contributed by atoms with E-state index in [0.717, 1.165) is 29.1 Å². The van der Waals surface area contributed by atoms with Crippen molar-refractivity contribution in [3.05, 3.63) is 35.4 Å². The van der Waals surface area contributed by atoms with E-state index < -0.39 is 5.67 Å². The van der Waals surface area contributed by atoms with Gasteiger partial charge >= 0.3 is 0 Å². The molecule has 2 N–H and O–H groups in total. The van der Waals surface area contributed by atoms with Crippen LogP contribution in [-0.4, -0.2) is 11.5 Å². The van der Waals surface area contributed by atoms with E-state index in [-0.39, 0.29) is 5.92 Å². The number of nitrogens with two attached hydrogens (primary N) is 1. The highest BCUT2D eigenvalue weighted by molar-refractivity contribution is 7.99. The molecule has 0 radical (unpaired) electrons. The van der Waals surface area contributed by atoms with Crippen LogP contribution >= 0.6 is 11.8 Å². The molecule has 2 unspecified atom stereocenters. The molecule has 16 heavy (non-hydrogen) atoms. The fourth-order valence-electron chi connectivity index (χ4n) is 2.36. The predicted octanol–water partition coefficient (Wildman–Crippen LogP) is 3.08. The van der Waals surface area contributed by atoms with Crippen molar-refractivity contribution < 1.29 is 4.39 Å². The Morgan fingerprint density at radius 1 is 1.50 bits per heavy atom. The molecule has 1 heterocycles. The number of hydrogen-bond donors (Lipinski definition) is 1. The highest BCUT2D eigenvalue weighted by atomic mass is 32.2. The summed E-state index contributed by atoms with van der Waals surface area (Å²) in [7, 11) is 0. The molecule has 1 nitrogen and oxygen atoms in total. The quantitative estimate of drug-likeness (QED) is 0.877. The maximum Gasteiger partial charge on any atom is 0.137 e. The van der Waals surface area contributed by atoms with E-state index in [2.05, 4.69) is 0 Å². The molecule has 1 aromatic rings. The average molecular weight is 239 g/mol. The molecule has 2 rings (SSSR count). The molecular formula is C13H18FNS. The summed E-state index contributed by atoms with van der Waals surface area (Å²) in [6, 6.07) is 7.63. The van der Waals surface area contributed by atoms with Crippen LogP contribution < -0.4 is 5.73 Å². The molecular weight excluding hydrogens is 221 g/mol. The van der Waals surface area contributed by atoms with Gasteiger partial charge in [0.2, 0.25) is 0 Å². The molecule has 1 aliphatic heterocycles. The summed E-state index contributed by atoms with van der Waals surface area (Å²) >= 11 is 1.85. The van der Waals surface area contributed by atoms with Gasteiger partial charge in [-0.2, -0.15) is 11.8 Å². The topological polar surface area (TPSA) is 26.0 Å². The van der Waals surface area contributed by atoms with Gasteiger partial charge in [0, 0.05) is 12.5 Å². The first-order chi connectivity index (χ1) is 7.66. The van der Waals surface area contributed by atoms with Crippen LogP contribution in [0.1, 0.15) is 24.5 Å². The zero-order valence-electron chi connectivity index (χ0n) is 9.58. The third kappa shape index (κ3) is 2.11. The molecule has 0 aliphatic carbocycles. The Kier molecular flexibility index (Phi) is 3.55. The first kappa shape index (κ1) is 11.9. The SMILES string of the molecule is CC(F)(c1ccccc1CN)C1CCSC1. The third-order valence-corrected chi connectivity index (χ3v) is 4.62. The minimum absolute atomic E-state index is 0.130. The van der Waals surface area contributed by atoms with Crippen LogP contribution in [-0.2, 0) is 12.2 Å². The van der Waals surface area contributed by atoms with Gasteiger partial charge < -0.3 is 5.73 Å². The van der Waals surface area contributed by atoms with Crippen LogP contribution in [0.3, 0.4) is 0 Å². The lowest BCUT2D eigenvalue weighted by atomic mass is 9.82. The molecule has 0 saturated carbocycles. The van der Waals surface area contributed by atoms with Gasteiger partial charge in [0.05, 0.1) is 0 Å². The van der Waals surface area contributed by atoms with E-state index in [9.17, 15) is 4.39 Å². The number of rotatable bonds is 3. The van der Waals surface area contributed by atoms with E-state index in [0.29, 0.717) is 6.54 Å². The second-order valence-electron chi connectivity index (χ2n) is 4.50. The lowest BCUT2D eigenvalue weighted by Gasteiger charge is -2.29. The Morgan fingerprint density at radius 3 is 2.88 bits per heavy atom. The fourth-order valence-corrected chi connectivity index (χ4v) is 3.74. The first-order valence-corrected chi connectivity index (χ1v) is 6.87. The molecule has 0 amide bonds. The largest absolute Gasteiger partial charge is 0.326 e. The molecule has 1 aliphatic rings. The van der Waals surface area contributed by atoms with Crippen molar-refractivity contribution in [2.24, 2.45) is 11.7 Å². The van der Waals surface area contributed by atoms with Crippen LogP contribution in [0.5, 0.6) is 0 Å². The van der Waals surface area contributed by atoms with Crippen LogP contribution in [0.25, 0.3) is 0 Å². The second-order valence-corrected chi connectivity index (χ2v) is 5.65. The minimum atomic E-state index is -1.24. The number of alkyl halides is 1. The molecule has 3 heteroatoms. The summed E-state index contributed by atoms with van der Waals surface area (Å²) in [5, 5.41) is 0. The molecule has 0 aromatic heterocycles. The van der Waals surface area contributed by atoms with Gasteiger partial charge in [-0.15, -0.1) is 0 Å². The molecule has 1 saturated heterocycles. The van der Waals surface area contributed by atoms with Crippen molar-refractivity contribution in [3.63, 3.8) is 0 Å². The van der Waals surface area contributed by atoms with Crippen molar-refractivity contribution in [1.29, 1.82) is 0 Å². The molecule has 0 spiro atoms. The van der Waals surface area contributed by atoms with Crippen LogP contribution in [0.2, 0.25) is 0 Å². The lowest BCUT2D eigenvalue weighted by Crippen LogP contribution is -2.28. The van der Waals surface area contributed by atoms with Gasteiger partial charge in [0.1, 0.15) is 5.67 Å². The smallest absolute Gasteiger partial charge is 0.137 e. The standard InChI is InChI=1S/C13H18FNS/c1-13(14,11-6-7-16-9-11)12-5-3-2-4-10(12)8-15/h2-5,11H,6-9,15H2,1H3. The maximum absolute atomic E-state index is 14.9. The molecule has 1 aromatic carbocycles. The van der Waals surface area contributed by atoms with Crippen LogP contribution in [0.15, 0.2) is 24.3 Å². The van der Waals surface area contributed by atoms with Gasteiger partial charge in [0.15, 0.2) is 0 Å².